The summed E-state index contributed by atoms with van der Waals surface area (Å²) in [7, 11) is 2.04. The molecule has 0 fully saturated rings. The molecule has 0 aliphatic rings. The second kappa shape index (κ2) is 6.12. The summed E-state index contributed by atoms with van der Waals surface area (Å²) in [5, 5.41) is 9.00. The van der Waals surface area contributed by atoms with Crippen LogP contribution in [0.2, 0.25) is 0 Å². The van der Waals surface area contributed by atoms with Crippen LogP contribution in [0.25, 0.3) is 0 Å². The van der Waals surface area contributed by atoms with Gasteiger partial charge >= 0.3 is 0 Å². The fourth-order valence-electron chi connectivity index (χ4n) is 1.76. The van der Waals surface area contributed by atoms with Gasteiger partial charge in [-0.1, -0.05) is 12.1 Å². The fourth-order valence-corrected chi connectivity index (χ4v) is 1.76. The summed E-state index contributed by atoms with van der Waals surface area (Å²) in [5.74, 6) is -0.181. The number of benzene rings is 1. The van der Waals surface area contributed by atoms with Crippen molar-refractivity contribution in [2.24, 2.45) is 0 Å². The molecule has 0 amide bonds. The lowest BCUT2D eigenvalue weighted by molar-refractivity contribution is 0.117. The molecule has 0 spiro atoms. The third-order valence-electron chi connectivity index (χ3n) is 3.38. The van der Waals surface area contributed by atoms with Crippen LogP contribution in [0.15, 0.2) is 24.3 Å². The normalized spacial score (nSPS) is 12.1. The van der Waals surface area contributed by atoms with E-state index in [0.29, 0.717) is 0 Å². The van der Waals surface area contributed by atoms with Crippen molar-refractivity contribution in [1.29, 1.82) is 0 Å². The Morgan fingerprint density at radius 3 is 2.65 bits per heavy atom. The Labute approximate surface area is 103 Å². The third kappa shape index (κ3) is 4.44. The van der Waals surface area contributed by atoms with E-state index >= 15 is 0 Å². The number of aliphatic hydroxyl groups excluding tert-OH is 1. The molecule has 3 heteroatoms. The Balaban J connectivity index is 2.50. The zero-order valence-electron chi connectivity index (χ0n) is 10.9. The van der Waals surface area contributed by atoms with E-state index in [-0.39, 0.29) is 18.0 Å². The second-order valence-corrected chi connectivity index (χ2v) is 5.09. The van der Waals surface area contributed by atoms with Crippen molar-refractivity contribution in [3.8, 4) is 0 Å². The summed E-state index contributed by atoms with van der Waals surface area (Å²) in [6.45, 7) is 5.26. The lowest BCUT2D eigenvalue weighted by Gasteiger charge is -2.35. The minimum atomic E-state index is -0.181. The van der Waals surface area contributed by atoms with E-state index in [0.717, 1.165) is 24.9 Å². The van der Waals surface area contributed by atoms with E-state index in [9.17, 15) is 4.39 Å². The molecule has 96 valence electrons. The van der Waals surface area contributed by atoms with Gasteiger partial charge in [0, 0.05) is 18.7 Å². The Bertz CT molecular complexity index is 352. The largest absolute Gasteiger partial charge is 0.396 e. The first-order chi connectivity index (χ1) is 7.95. The van der Waals surface area contributed by atoms with Gasteiger partial charge in [0.15, 0.2) is 0 Å². The highest BCUT2D eigenvalue weighted by atomic mass is 19.1. The van der Waals surface area contributed by atoms with Crippen LogP contribution in [0.4, 0.5) is 4.39 Å². The lowest BCUT2D eigenvalue weighted by Crippen LogP contribution is -2.42. The van der Waals surface area contributed by atoms with Crippen LogP contribution in [0.1, 0.15) is 25.8 Å². The van der Waals surface area contributed by atoms with Crippen LogP contribution in [-0.2, 0) is 6.42 Å². The highest BCUT2D eigenvalue weighted by Crippen LogP contribution is 2.17. The van der Waals surface area contributed by atoms with Gasteiger partial charge in [-0.2, -0.15) is 0 Å². The molecule has 0 aromatic heterocycles. The van der Waals surface area contributed by atoms with Crippen LogP contribution < -0.4 is 0 Å². The van der Waals surface area contributed by atoms with Crippen LogP contribution in [0.3, 0.4) is 0 Å². The number of likely N-dealkylation sites (N-methyl/N-ethyl adjacent to an activating group) is 1. The molecule has 1 aromatic carbocycles. The molecule has 0 unspecified atom stereocenters. The summed E-state index contributed by atoms with van der Waals surface area (Å²) >= 11 is 0. The number of nitrogens with zero attached hydrogens (tertiary/aromatic N) is 1. The van der Waals surface area contributed by atoms with Crippen LogP contribution in [0.5, 0.6) is 0 Å². The van der Waals surface area contributed by atoms with E-state index in [4.69, 9.17) is 5.11 Å². The van der Waals surface area contributed by atoms with Crippen molar-refractivity contribution < 1.29 is 9.50 Å². The van der Waals surface area contributed by atoms with Gasteiger partial charge in [-0.3, -0.25) is 0 Å². The maximum atomic E-state index is 13.0. The smallest absolute Gasteiger partial charge is 0.123 e. The second-order valence-electron chi connectivity index (χ2n) is 5.09. The first-order valence-corrected chi connectivity index (χ1v) is 6.02. The standard InChI is InChI=1S/C14H22FNO/c1-14(2,8-10-17)16(3)9-7-12-5-4-6-13(15)11-12/h4-6,11,17H,7-10H2,1-3H3. The van der Waals surface area contributed by atoms with Gasteiger partial charge in [0.1, 0.15) is 5.82 Å². The molecule has 0 aliphatic carbocycles. The van der Waals surface area contributed by atoms with Gasteiger partial charge < -0.3 is 10.0 Å². The van der Waals surface area contributed by atoms with Crippen molar-refractivity contribution in [2.45, 2.75) is 32.2 Å². The monoisotopic (exact) mass is 239 g/mol. The van der Waals surface area contributed by atoms with Crippen molar-refractivity contribution in [3.05, 3.63) is 35.6 Å². The van der Waals surface area contributed by atoms with Gasteiger partial charge in [0.2, 0.25) is 0 Å². The summed E-state index contributed by atoms with van der Waals surface area (Å²) in [6, 6.07) is 6.72. The van der Waals surface area contributed by atoms with E-state index < -0.39 is 0 Å². The highest BCUT2D eigenvalue weighted by Gasteiger charge is 2.22. The quantitative estimate of drug-likeness (QED) is 0.824. The summed E-state index contributed by atoms with van der Waals surface area (Å²) in [5.41, 5.74) is 0.985. The number of hydrogen-bond acceptors (Lipinski definition) is 2. The Morgan fingerprint density at radius 2 is 2.06 bits per heavy atom. The predicted octanol–water partition coefficient (Wildman–Crippen LogP) is 2.46. The van der Waals surface area contributed by atoms with Crippen molar-refractivity contribution >= 4 is 0 Å². The Hall–Kier alpha value is -0.930. The molecule has 1 rings (SSSR count). The SMILES string of the molecule is CN(CCc1cccc(F)c1)C(C)(C)CCO. The molecular weight excluding hydrogens is 217 g/mol. The van der Waals surface area contributed by atoms with E-state index in [2.05, 4.69) is 18.7 Å². The van der Waals surface area contributed by atoms with Crippen molar-refractivity contribution in [2.75, 3.05) is 20.2 Å². The van der Waals surface area contributed by atoms with E-state index in [1.807, 2.05) is 13.1 Å². The van der Waals surface area contributed by atoms with Crippen molar-refractivity contribution in [3.63, 3.8) is 0 Å². The number of rotatable bonds is 6. The zero-order valence-corrected chi connectivity index (χ0v) is 10.9. The minimum Gasteiger partial charge on any atom is -0.396 e. The predicted molar refractivity (Wildman–Crippen MR) is 68.5 cm³/mol. The van der Waals surface area contributed by atoms with Gasteiger partial charge in [-0.15, -0.1) is 0 Å². The molecule has 0 saturated heterocycles. The van der Waals surface area contributed by atoms with E-state index in [1.165, 1.54) is 6.07 Å². The molecule has 1 aromatic rings. The van der Waals surface area contributed by atoms with Crippen LogP contribution >= 0.6 is 0 Å². The molecule has 0 saturated carbocycles. The molecule has 0 bridgehead atoms. The van der Waals surface area contributed by atoms with Gasteiger partial charge in [0.05, 0.1) is 0 Å². The van der Waals surface area contributed by atoms with Gasteiger partial charge in [-0.05, 0) is 51.4 Å². The number of hydrogen-bond donors (Lipinski definition) is 1. The van der Waals surface area contributed by atoms with E-state index in [1.54, 1.807) is 12.1 Å². The van der Waals surface area contributed by atoms with Crippen molar-refractivity contribution in [1.82, 2.24) is 4.90 Å². The average molecular weight is 239 g/mol. The molecule has 2 nitrogen and oxygen atoms in total. The first kappa shape index (κ1) is 14.1. The molecule has 0 radical (unpaired) electrons. The number of aliphatic hydroxyl groups is 1. The average Bonchev–Trinajstić information content (AvgIpc) is 2.26. The molecule has 0 atom stereocenters. The zero-order chi connectivity index (χ0) is 12.9. The highest BCUT2D eigenvalue weighted by molar-refractivity contribution is 5.16. The first-order valence-electron chi connectivity index (χ1n) is 6.02. The number of halogens is 1. The summed E-state index contributed by atoms with van der Waals surface area (Å²) < 4.78 is 13.0. The third-order valence-corrected chi connectivity index (χ3v) is 3.38. The Morgan fingerprint density at radius 1 is 1.35 bits per heavy atom. The lowest BCUT2D eigenvalue weighted by atomic mass is 9.98. The Kier molecular flexibility index (Phi) is 5.09. The van der Waals surface area contributed by atoms with Gasteiger partial charge in [0.25, 0.3) is 0 Å². The molecule has 0 aliphatic heterocycles. The van der Waals surface area contributed by atoms with Crippen LogP contribution in [-0.4, -0.2) is 35.7 Å². The molecule has 1 N–H and O–H groups in total. The topological polar surface area (TPSA) is 23.5 Å². The molecule has 0 heterocycles. The molecule has 17 heavy (non-hydrogen) atoms. The fraction of sp³-hybridized carbons (Fsp3) is 0.571. The summed E-state index contributed by atoms with van der Waals surface area (Å²) in [6.07, 6.45) is 1.57. The van der Waals surface area contributed by atoms with Crippen LogP contribution in [0, 0.1) is 5.82 Å². The summed E-state index contributed by atoms with van der Waals surface area (Å²) in [4.78, 5) is 2.20. The molecular formula is C14H22FNO. The minimum absolute atomic E-state index is 0.0257. The van der Waals surface area contributed by atoms with Gasteiger partial charge in [-0.25, -0.2) is 4.39 Å². The maximum absolute atomic E-state index is 13.0. The maximum Gasteiger partial charge on any atom is 0.123 e.